The van der Waals surface area contributed by atoms with Crippen molar-refractivity contribution in [1.82, 2.24) is 14.8 Å². The molecule has 13 heavy (non-hydrogen) atoms. The van der Waals surface area contributed by atoms with Crippen molar-refractivity contribution in [1.29, 1.82) is 0 Å². The van der Waals surface area contributed by atoms with E-state index >= 15 is 0 Å². The van der Waals surface area contributed by atoms with E-state index in [-0.39, 0.29) is 45.4 Å². The van der Waals surface area contributed by atoms with Gasteiger partial charge in [0.05, 0.1) is 17.5 Å². The van der Waals surface area contributed by atoms with Crippen LogP contribution in [0.3, 0.4) is 0 Å². The minimum absolute atomic E-state index is 0.111. The van der Waals surface area contributed by atoms with Gasteiger partial charge in [0.1, 0.15) is 0 Å². The lowest BCUT2D eigenvalue weighted by atomic mass is 10.5. The zero-order valence-electron chi connectivity index (χ0n) is 11.1. The van der Waals surface area contributed by atoms with Crippen LogP contribution in [0.5, 0.6) is 0 Å². The molecular weight excluding hydrogens is 298 g/mol. The SMILES string of the molecule is [2H]c1nc(-n2nc([2H])c(Br)c2[2H])c([2H])c([2H])c1Br. The Morgan fingerprint density at radius 3 is 2.77 bits per heavy atom. The Morgan fingerprint density at radius 2 is 2.08 bits per heavy atom. The zero-order chi connectivity index (χ0) is 13.6. The molecule has 0 unspecified atom stereocenters. The number of rotatable bonds is 1. The molecule has 3 nitrogen and oxygen atoms in total. The quantitative estimate of drug-likeness (QED) is 0.811. The van der Waals surface area contributed by atoms with Crippen LogP contribution in [-0.2, 0) is 0 Å². The van der Waals surface area contributed by atoms with Gasteiger partial charge in [0.25, 0.3) is 0 Å². The highest BCUT2D eigenvalue weighted by atomic mass is 79.9. The van der Waals surface area contributed by atoms with Gasteiger partial charge >= 0.3 is 0 Å². The third-order valence-corrected chi connectivity index (χ3v) is 1.93. The molecule has 0 bridgehead atoms. The van der Waals surface area contributed by atoms with Crippen molar-refractivity contribution >= 4 is 31.9 Å². The lowest BCUT2D eigenvalue weighted by Crippen LogP contribution is -1.96. The van der Waals surface area contributed by atoms with Crippen molar-refractivity contribution in [2.75, 3.05) is 0 Å². The van der Waals surface area contributed by atoms with E-state index in [4.69, 9.17) is 6.85 Å². The van der Waals surface area contributed by atoms with Crippen LogP contribution in [-0.4, -0.2) is 14.8 Å². The van der Waals surface area contributed by atoms with E-state index in [0.29, 0.717) is 0 Å². The molecule has 0 atom stereocenters. The lowest BCUT2D eigenvalue weighted by molar-refractivity contribution is 0.846. The largest absolute Gasteiger partial charge is 0.236 e. The maximum Gasteiger partial charge on any atom is 0.153 e. The Morgan fingerprint density at radius 1 is 1.23 bits per heavy atom. The molecular formula is C8H5Br2N3. The first-order chi connectivity index (χ1) is 8.34. The summed E-state index contributed by atoms with van der Waals surface area (Å²) in [5.74, 6) is -0.114. The first-order valence-corrected chi connectivity index (χ1v) is 4.78. The van der Waals surface area contributed by atoms with Gasteiger partial charge in [-0.1, -0.05) is 0 Å². The summed E-state index contributed by atoms with van der Waals surface area (Å²) in [7, 11) is 0. The van der Waals surface area contributed by atoms with Gasteiger partial charge in [0.2, 0.25) is 0 Å². The number of hydrogen-bond donors (Lipinski definition) is 0. The molecule has 66 valence electrons. The second kappa shape index (κ2) is 3.59. The maximum absolute atomic E-state index is 7.76. The molecule has 0 N–H and O–H groups in total. The molecule has 2 heterocycles. The number of hydrogen-bond acceptors (Lipinski definition) is 2. The Kier molecular flexibility index (Phi) is 1.30. The predicted octanol–water partition coefficient (Wildman–Crippen LogP) is 2.79. The third-order valence-electron chi connectivity index (χ3n) is 1.20. The van der Waals surface area contributed by atoms with Crippen molar-refractivity contribution in [2.24, 2.45) is 0 Å². The molecule has 0 saturated carbocycles. The number of halogens is 2. The highest BCUT2D eigenvalue weighted by Crippen LogP contribution is 2.12. The molecule has 5 heteroatoms. The average molecular weight is 308 g/mol. The van der Waals surface area contributed by atoms with Gasteiger partial charge in [-0.25, -0.2) is 9.67 Å². The summed E-state index contributed by atoms with van der Waals surface area (Å²) < 4.78 is 39.4. The highest BCUT2D eigenvalue weighted by Gasteiger charge is 1.98. The molecule has 0 spiro atoms. The van der Waals surface area contributed by atoms with E-state index in [1.165, 1.54) is 0 Å². The van der Waals surface area contributed by atoms with Gasteiger partial charge in [0.15, 0.2) is 5.82 Å². The van der Waals surface area contributed by atoms with Gasteiger partial charge in [-0.15, -0.1) is 0 Å². The van der Waals surface area contributed by atoms with Gasteiger partial charge in [-0.2, -0.15) is 5.10 Å². The summed E-state index contributed by atoms with van der Waals surface area (Å²) in [6.07, 6.45) is -0.534. The van der Waals surface area contributed by atoms with Crippen LogP contribution in [0.2, 0.25) is 0 Å². The van der Waals surface area contributed by atoms with E-state index < -0.39 is 0 Å². The molecule has 0 aromatic carbocycles. The smallest absolute Gasteiger partial charge is 0.153 e. The number of nitrogens with zero attached hydrogens (tertiary/aromatic N) is 3. The predicted molar refractivity (Wildman–Crippen MR) is 56.8 cm³/mol. The van der Waals surface area contributed by atoms with E-state index in [9.17, 15) is 0 Å². The highest BCUT2D eigenvalue weighted by molar-refractivity contribution is 9.10. The summed E-state index contributed by atoms with van der Waals surface area (Å²) in [5.41, 5.74) is 0. The lowest BCUT2D eigenvalue weighted by Gasteiger charge is -1.98. The fourth-order valence-corrected chi connectivity index (χ4v) is 1.14. The maximum atomic E-state index is 7.76. The van der Waals surface area contributed by atoms with Crippen molar-refractivity contribution < 1.29 is 6.85 Å². The molecule has 2 aromatic rings. The fourth-order valence-electron chi connectivity index (χ4n) is 0.706. The minimum Gasteiger partial charge on any atom is -0.236 e. The molecule has 0 aliphatic carbocycles. The van der Waals surface area contributed by atoms with E-state index in [1.807, 2.05) is 0 Å². The van der Waals surface area contributed by atoms with E-state index in [1.54, 1.807) is 0 Å². The molecule has 0 aliphatic heterocycles. The molecule has 0 aliphatic rings. The van der Waals surface area contributed by atoms with E-state index in [0.717, 1.165) is 4.68 Å². The van der Waals surface area contributed by atoms with Gasteiger partial charge in [0, 0.05) is 16.8 Å². The first-order valence-electron chi connectivity index (χ1n) is 5.70. The Balaban J connectivity index is 2.76. The van der Waals surface area contributed by atoms with Crippen molar-refractivity contribution in [3.8, 4) is 5.82 Å². The summed E-state index contributed by atoms with van der Waals surface area (Å²) in [6, 6.07) is -0.469. The standard InChI is InChI=1S/C8H5Br2N3/c9-6-1-2-8(11-3-6)13-5-7(10)4-12-13/h1-5H/i1D,2D,3D,4D,5D. The number of pyridine rings is 1. The molecule has 0 amide bonds. The summed E-state index contributed by atoms with van der Waals surface area (Å²) in [4.78, 5) is 3.81. The molecule has 0 radical (unpaired) electrons. The third kappa shape index (κ3) is 1.97. The molecule has 2 rings (SSSR count). The summed E-state index contributed by atoms with van der Waals surface area (Å²) in [6.45, 7) is 0. The van der Waals surface area contributed by atoms with Crippen LogP contribution in [0, 0.1) is 0 Å². The first kappa shape index (κ1) is 4.70. The Hall–Kier alpha value is -0.680. The van der Waals surface area contributed by atoms with Crippen LogP contribution >= 0.6 is 31.9 Å². The van der Waals surface area contributed by atoms with Gasteiger partial charge < -0.3 is 0 Å². The Labute approximate surface area is 99.1 Å². The van der Waals surface area contributed by atoms with Gasteiger partial charge in [-0.3, -0.25) is 0 Å². The molecule has 2 aromatic heterocycles. The Bertz CT molecular complexity index is 642. The summed E-state index contributed by atoms with van der Waals surface area (Å²) in [5, 5.41) is 3.74. The van der Waals surface area contributed by atoms with Crippen LogP contribution < -0.4 is 0 Å². The van der Waals surface area contributed by atoms with E-state index in [2.05, 4.69) is 41.9 Å². The van der Waals surface area contributed by atoms with Crippen LogP contribution in [0.25, 0.3) is 5.82 Å². The van der Waals surface area contributed by atoms with Crippen LogP contribution in [0.4, 0.5) is 0 Å². The topological polar surface area (TPSA) is 30.7 Å². The number of aromatic nitrogens is 3. The van der Waals surface area contributed by atoms with Crippen LogP contribution in [0.15, 0.2) is 39.5 Å². The second-order valence-corrected chi connectivity index (χ2v) is 3.65. The average Bonchev–Trinajstić information content (AvgIpc) is 2.59. The second-order valence-electron chi connectivity index (χ2n) is 2.06. The molecule has 0 saturated heterocycles. The van der Waals surface area contributed by atoms with Crippen molar-refractivity contribution in [3.05, 3.63) is 39.5 Å². The van der Waals surface area contributed by atoms with Gasteiger partial charge in [-0.05, 0) is 43.9 Å². The van der Waals surface area contributed by atoms with Crippen molar-refractivity contribution in [2.45, 2.75) is 0 Å². The molecule has 0 fully saturated rings. The zero-order valence-corrected chi connectivity index (χ0v) is 9.27. The van der Waals surface area contributed by atoms with Crippen molar-refractivity contribution in [3.63, 3.8) is 0 Å². The fraction of sp³-hybridized carbons (Fsp3) is 0. The normalized spacial score (nSPS) is 15.7. The minimum atomic E-state index is -0.263. The van der Waals surface area contributed by atoms with Crippen LogP contribution in [0.1, 0.15) is 6.85 Å². The monoisotopic (exact) mass is 306 g/mol. The summed E-state index contributed by atoms with van der Waals surface area (Å²) >= 11 is 6.02.